The second-order valence-electron chi connectivity index (χ2n) is 5.80. The number of amides is 1. The Hall–Kier alpha value is -2.67. The number of para-hydroxylation sites is 1. The van der Waals surface area contributed by atoms with Crippen LogP contribution >= 0.6 is 11.3 Å². The van der Waals surface area contributed by atoms with Gasteiger partial charge in [0, 0.05) is 16.6 Å². The van der Waals surface area contributed by atoms with E-state index >= 15 is 0 Å². The number of rotatable bonds is 3. The number of hydrogen-bond donors (Lipinski definition) is 2. The van der Waals surface area contributed by atoms with E-state index in [1.807, 2.05) is 54.8 Å². The molecule has 1 aliphatic rings. The molecule has 1 aliphatic heterocycles. The van der Waals surface area contributed by atoms with Crippen molar-refractivity contribution in [3.63, 3.8) is 0 Å². The van der Waals surface area contributed by atoms with Gasteiger partial charge in [0.05, 0.1) is 5.92 Å². The van der Waals surface area contributed by atoms with Crippen LogP contribution in [0.5, 0.6) is 0 Å². The first-order chi connectivity index (χ1) is 11.7. The number of fused-ring (bicyclic) bond motifs is 1. The van der Waals surface area contributed by atoms with Gasteiger partial charge in [-0.25, -0.2) is 4.68 Å². The highest BCUT2D eigenvalue weighted by Gasteiger charge is 2.41. The summed E-state index contributed by atoms with van der Waals surface area (Å²) in [5, 5.41) is 12.7. The lowest BCUT2D eigenvalue weighted by Crippen LogP contribution is -2.46. The molecule has 0 radical (unpaired) electrons. The zero-order valence-corrected chi connectivity index (χ0v) is 13.9. The zero-order chi connectivity index (χ0) is 16.5. The van der Waals surface area contributed by atoms with Crippen LogP contribution in [0.2, 0.25) is 0 Å². The number of aromatic nitrogens is 3. The van der Waals surface area contributed by atoms with E-state index in [1.165, 1.54) is 6.33 Å². The van der Waals surface area contributed by atoms with Gasteiger partial charge in [-0.3, -0.25) is 4.79 Å². The molecule has 0 aliphatic carbocycles. The molecule has 122 valence electrons. The van der Waals surface area contributed by atoms with Crippen LogP contribution in [0.25, 0.3) is 0 Å². The predicted octanol–water partition coefficient (Wildman–Crippen LogP) is 3.00. The van der Waals surface area contributed by atoms with E-state index in [9.17, 15) is 4.79 Å². The fourth-order valence-electron chi connectivity index (χ4n) is 3.15. The second kappa shape index (κ2) is 6.09. The third-order valence-corrected chi connectivity index (χ3v) is 5.19. The van der Waals surface area contributed by atoms with Gasteiger partial charge in [0.15, 0.2) is 0 Å². The van der Waals surface area contributed by atoms with Crippen molar-refractivity contribution in [2.75, 3.05) is 10.6 Å². The summed E-state index contributed by atoms with van der Waals surface area (Å²) in [4.78, 5) is 18.4. The Kier molecular flexibility index (Phi) is 3.78. The number of hydrogen-bond acceptors (Lipinski definition) is 5. The van der Waals surface area contributed by atoms with Crippen LogP contribution in [0.15, 0.2) is 54.2 Å². The molecule has 3 atom stereocenters. The van der Waals surface area contributed by atoms with E-state index in [-0.39, 0.29) is 23.9 Å². The molecular formula is C17H17N5OS. The van der Waals surface area contributed by atoms with Crippen molar-refractivity contribution >= 4 is 28.9 Å². The second-order valence-corrected chi connectivity index (χ2v) is 6.78. The van der Waals surface area contributed by atoms with Crippen LogP contribution in [-0.4, -0.2) is 26.7 Å². The normalized spacial score (nSPS) is 22.5. The number of anilines is 2. The molecule has 0 saturated carbocycles. The van der Waals surface area contributed by atoms with Crippen molar-refractivity contribution in [2.45, 2.75) is 19.0 Å². The maximum atomic E-state index is 13.0. The summed E-state index contributed by atoms with van der Waals surface area (Å²) in [6.07, 6.45) is 1.52. The molecule has 6 nitrogen and oxygen atoms in total. The van der Waals surface area contributed by atoms with Crippen molar-refractivity contribution in [3.8, 4) is 0 Å². The fraction of sp³-hybridized carbons (Fsp3) is 0.235. The summed E-state index contributed by atoms with van der Waals surface area (Å²) in [7, 11) is 0. The number of nitrogens with one attached hydrogen (secondary N) is 2. The van der Waals surface area contributed by atoms with Gasteiger partial charge in [-0.15, -0.1) is 11.3 Å². The number of carbonyl (C=O) groups excluding carboxylic acids is 1. The van der Waals surface area contributed by atoms with Crippen LogP contribution < -0.4 is 10.6 Å². The van der Waals surface area contributed by atoms with Gasteiger partial charge in [-0.05, 0) is 30.5 Å². The molecule has 0 spiro atoms. The maximum Gasteiger partial charge on any atom is 0.232 e. The number of benzene rings is 1. The minimum absolute atomic E-state index is 0.0271. The number of nitrogens with zero attached hydrogens (tertiary/aromatic N) is 3. The SMILES string of the molecule is CC1Nc2ncnn2C(c2cccs2)C1C(=O)Nc1ccccc1. The van der Waals surface area contributed by atoms with Gasteiger partial charge in [-0.2, -0.15) is 10.1 Å². The highest BCUT2D eigenvalue weighted by Crippen LogP contribution is 2.38. The topological polar surface area (TPSA) is 71.8 Å². The van der Waals surface area contributed by atoms with Crippen LogP contribution in [0, 0.1) is 5.92 Å². The molecule has 1 amide bonds. The Morgan fingerprint density at radius 3 is 2.83 bits per heavy atom. The minimum Gasteiger partial charge on any atom is -0.351 e. The summed E-state index contributed by atoms with van der Waals surface area (Å²) < 4.78 is 1.81. The lowest BCUT2D eigenvalue weighted by Gasteiger charge is -2.36. The Morgan fingerprint density at radius 2 is 2.08 bits per heavy atom. The first kappa shape index (κ1) is 14.9. The molecule has 3 heterocycles. The Morgan fingerprint density at radius 1 is 1.25 bits per heavy atom. The predicted molar refractivity (Wildman–Crippen MR) is 94.1 cm³/mol. The first-order valence-corrected chi connectivity index (χ1v) is 8.67. The van der Waals surface area contributed by atoms with E-state index in [0.29, 0.717) is 5.95 Å². The van der Waals surface area contributed by atoms with E-state index in [2.05, 4.69) is 20.7 Å². The Bertz CT molecular complexity index is 830. The molecule has 3 aromatic rings. The van der Waals surface area contributed by atoms with Crippen molar-refractivity contribution in [3.05, 3.63) is 59.0 Å². The van der Waals surface area contributed by atoms with Gasteiger partial charge < -0.3 is 10.6 Å². The Balaban J connectivity index is 1.71. The fourth-order valence-corrected chi connectivity index (χ4v) is 4.01. The summed E-state index contributed by atoms with van der Waals surface area (Å²) in [5.74, 6) is 0.378. The minimum atomic E-state index is -0.293. The average molecular weight is 339 g/mol. The van der Waals surface area contributed by atoms with Gasteiger partial charge in [0.2, 0.25) is 11.9 Å². The third kappa shape index (κ3) is 2.56. The van der Waals surface area contributed by atoms with Crippen LogP contribution in [0.1, 0.15) is 17.8 Å². The van der Waals surface area contributed by atoms with Crippen LogP contribution in [0.4, 0.5) is 11.6 Å². The number of thiophene rings is 1. The summed E-state index contributed by atoms with van der Waals surface area (Å²) in [5.41, 5.74) is 0.795. The molecule has 0 saturated heterocycles. The molecule has 0 bridgehead atoms. The van der Waals surface area contributed by atoms with E-state index < -0.39 is 0 Å². The lowest BCUT2D eigenvalue weighted by atomic mass is 9.89. The van der Waals surface area contributed by atoms with Gasteiger partial charge >= 0.3 is 0 Å². The summed E-state index contributed by atoms with van der Waals surface area (Å²) in [6.45, 7) is 2.01. The molecule has 4 rings (SSSR count). The van der Waals surface area contributed by atoms with Crippen LogP contribution in [0.3, 0.4) is 0 Å². The molecule has 2 aromatic heterocycles. The largest absolute Gasteiger partial charge is 0.351 e. The van der Waals surface area contributed by atoms with E-state index in [0.717, 1.165) is 10.6 Å². The van der Waals surface area contributed by atoms with Gasteiger partial charge in [-0.1, -0.05) is 24.3 Å². The van der Waals surface area contributed by atoms with Crippen molar-refractivity contribution < 1.29 is 4.79 Å². The Labute approximate surface area is 143 Å². The van der Waals surface area contributed by atoms with E-state index in [1.54, 1.807) is 16.0 Å². The van der Waals surface area contributed by atoms with Gasteiger partial charge in [0.1, 0.15) is 12.4 Å². The van der Waals surface area contributed by atoms with E-state index in [4.69, 9.17) is 0 Å². The molecule has 24 heavy (non-hydrogen) atoms. The quantitative estimate of drug-likeness (QED) is 0.769. The third-order valence-electron chi connectivity index (χ3n) is 4.25. The van der Waals surface area contributed by atoms with Crippen molar-refractivity contribution in [2.24, 2.45) is 5.92 Å². The van der Waals surface area contributed by atoms with Gasteiger partial charge in [0.25, 0.3) is 0 Å². The lowest BCUT2D eigenvalue weighted by molar-refractivity contribution is -0.121. The van der Waals surface area contributed by atoms with Crippen molar-refractivity contribution in [1.29, 1.82) is 0 Å². The van der Waals surface area contributed by atoms with Crippen LogP contribution in [-0.2, 0) is 4.79 Å². The summed E-state index contributed by atoms with van der Waals surface area (Å²) in [6, 6.07) is 13.3. The van der Waals surface area contributed by atoms with Crippen molar-refractivity contribution in [1.82, 2.24) is 14.8 Å². The molecular weight excluding hydrogens is 322 g/mol. The smallest absolute Gasteiger partial charge is 0.232 e. The molecule has 3 unspecified atom stereocenters. The zero-order valence-electron chi connectivity index (χ0n) is 13.1. The number of carbonyl (C=O) groups is 1. The standard InChI is InChI=1S/C17H17N5OS/c1-11-14(16(23)21-12-6-3-2-4-7-12)15(13-8-5-9-24-13)22-17(20-11)18-10-19-22/h2-11,14-15H,1H3,(H,21,23)(H,18,19,20). The molecule has 0 fully saturated rings. The maximum absolute atomic E-state index is 13.0. The molecule has 7 heteroatoms. The first-order valence-electron chi connectivity index (χ1n) is 7.79. The monoisotopic (exact) mass is 339 g/mol. The molecule has 2 N–H and O–H groups in total. The highest BCUT2D eigenvalue weighted by atomic mass is 32.1. The summed E-state index contributed by atoms with van der Waals surface area (Å²) >= 11 is 1.63. The molecule has 1 aromatic carbocycles. The highest BCUT2D eigenvalue weighted by molar-refractivity contribution is 7.10. The average Bonchev–Trinajstić information content (AvgIpc) is 3.25.